The molecule has 0 aromatic rings. The van der Waals surface area contributed by atoms with Crippen molar-refractivity contribution >= 4 is 23.6 Å². The van der Waals surface area contributed by atoms with E-state index in [1.54, 1.807) is 0 Å². The molecule has 8 nitrogen and oxygen atoms in total. The number of fused-ring (bicyclic) bond motifs is 1. The van der Waals surface area contributed by atoms with Crippen molar-refractivity contribution in [3.05, 3.63) is 0 Å². The Morgan fingerprint density at radius 3 is 2.63 bits per heavy atom. The zero-order chi connectivity index (χ0) is 21.3. The highest BCUT2D eigenvalue weighted by Crippen LogP contribution is 2.38. The first-order valence-electron chi connectivity index (χ1n) is 11.6. The lowest BCUT2D eigenvalue weighted by molar-refractivity contribution is -0.141. The number of carbonyl (C=O) groups excluding carboxylic acids is 4. The zero-order valence-corrected chi connectivity index (χ0v) is 17.9. The van der Waals surface area contributed by atoms with Gasteiger partial charge < -0.3 is 20.9 Å². The topological polar surface area (TPSA) is 108 Å². The zero-order valence-electron chi connectivity index (χ0n) is 17.9. The molecule has 0 radical (unpaired) electrons. The third-order valence-corrected chi connectivity index (χ3v) is 7.94. The van der Waals surface area contributed by atoms with Gasteiger partial charge >= 0.3 is 0 Å². The van der Waals surface area contributed by atoms with E-state index >= 15 is 0 Å². The first kappa shape index (κ1) is 21.1. The smallest absolute Gasteiger partial charge is 0.235 e. The highest BCUT2D eigenvalue weighted by atomic mass is 16.2. The van der Waals surface area contributed by atoms with E-state index < -0.39 is 5.41 Å². The third kappa shape index (κ3) is 3.93. The third-order valence-electron chi connectivity index (χ3n) is 7.94. The van der Waals surface area contributed by atoms with Crippen LogP contribution in [0.15, 0.2) is 0 Å². The van der Waals surface area contributed by atoms with Crippen LogP contribution >= 0.6 is 0 Å². The molecule has 5 unspecified atom stereocenters. The summed E-state index contributed by atoms with van der Waals surface area (Å²) in [4.78, 5) is 51.4. The van der Waals surface area contributed by atoms with E-state index in [1.165, 1.54) is 0 Å². The van der Waals surface area contributed by atoms with Gasteiger partial charge in [-0.3, -0.25) is 19.2 Å². The second kappa shape index (κ2) is 8.55. The number of nitrogens with one attached hydrogen (secondary N) is 3. The van der Waals surface area contributed by atoms with Crippen LogP contribution in [-0.2, 0) is 19.2 Å². The lowest BCUT2D eigenvalue weighted by Crippen LogP contribution is -2.54. The molecular formula is C22H34N4O4. The number of rotatable bonds is 4. The Labute approximate surface area is 177 Å². The van der Waals surface area contributed by atoms with E-state index in [0.717, 1.165) is 38.8 Å². The largest absolute Gasteiger partial charge is 0.355 e. The molecular weight excluding hydrogens is 384 g/mol. The van der Waals surface area contributed by atoms with E-state index in [1.807, 2.05) is 11.8 Å². The highest BCUT2D eigenvalue weighted by molar-refractivity contribution is 6.06. The van der Waals surface area contributed by atoms with Crippen molar-refractivity contribution in [2.75, 3.05) is 26.2 Å². The summed E-state index contributed by atoms with van der Waals surface area (Å²) < 4.78 is 0. The number of hydrogen-bond acceptors (Lipinski definition) is 4. The fourth-order valence-corrected chi connectivity index (χ4v) is 5.86. The van der Waals surface area contributed by atoms with Crippen LogP contribution in [0.1, 0.15) is 58.3 Å². The molecule has 4 fully saturated rings. The Balaban J connectivity index is 1.29. The molecule has 0 aromatic carbocycles. The Morgan fingerprint density at radius 2 is 1.97 bits per heavy atom. The van der Waals surface area contributed by atoms with Crippen molar-refractivity contribution in [3.8, 4) is 0 Å². The lowest BCUT2D eigenvalue weighted by Gasteiger charge is -2.45. The maximum absolute atomic E-state index is 12.9. The van der Waals surface area contributed by atoms with Crippen LogP contribution in [-0.4, -0.2) is 60.7 Å². The maximum Gasteiger partial charge on any atom is 0.235 e. The summed E-state index contributed by atoms with van der Waals surface area (Å²) in [6.07, 6.45) is 5.97. The minimum Gasteiger partial charge on any atom is -0.355 e. The van der Waals surface area contributed by atoms with Crippen molar-refractivity contribution in [3.63, 3.8) is 0 Å². The molecule has 5 atom stereocenters. The molecule has 4 aliphatic rings. The Bertz CT molecular complexity index is 716. The van der Waals surface area contributed by atoms with Crippen molar-refractivity contribution in [1.29, 1.82) is 0 Å². The van der Waals surface area contributed by atoms with Gasteiger partial charge in [0.1, 0.15) is 5.41 Å². The van der Waals surface area contributed by atoms with Crippen molar-refractivity contribution < 1.29 is 19.2 Å². The van der Waals surface area contributed by atoms with E-state index in [9.17, 15) is 19.2 Å². The summed E-state index contributed by atoms with van der Waals surface area (Å²) >= 11 is 0. The van der Waals surface area contributed by atoms with E-state index in [-0.39, 0.29) is 35.6 Å². The van der Waals surface area contributed by atoms with Gasteiger partial charge in [-0.2, -0.15) is 0 Å². The number of amides is 4. The van der Waals surface area contributed by atoms with Gasteiger partial charge in [-0.15, -0.1) is 0 Å². The van der Waals surface area contributed by atoms with Crippen molar-refractivity contribution in [2.24, 2.45) is 23.2 Å². The highest BCUT2D eigenvalue weighted by Gasteiger charge is 2.48. The molecule has 0 spiro atoms. The van der Waals surface area contributed by atoms with E-state index in [4.69, 9.17) is 0 Å². The summed E-state index contributed by atoms with van der Waals surface area (Å²) in [7, 11) is 0. The van der Waals surface area contributed by atoms with Gasteiger partial charge in [-0.1, -0.05) is 6.92 Å². The molecule has 30 heavy (non-hydrogen) atoms. The SMILES string of the molecule is CCC1(C(=O)NC2CCC3CN(C(=O)C4CCC(=O)NC4)CCC3C2)CCNC1=O. The molecule has 166 valence electrons. The number of likely N-dealkylation sites (tertiary alicyclic amines) is 1. The van der Waals surface area contributed by atoms with E-state index in [2.05, 4.69) is 16.0 Å². The van der Waals surface area contributed by atoms with Gasteiger partial charge in [0.2, 0.25) is 23.6 Å². The Kier molecular flexibility index (Phi) is 6.02. The molecule has 3 saturated heterocycles. The molecule has 3 aliphatic heterocycles. The van der Waals surface area contributed by atoms with Gasteiger partial charge in [0.05, 0.1) is 5.92 Å². The van der Waals surface area contributed by atoms with Crippen LogP contribution in [0.4, 0.5) is 0 Å². The number of nitrogens with zero attached hydrogens (tertiary/aromatic N) is 1. The normalized spacial score (nSPS) is 36.5. The number of hydrogen-bond donors (Lipinski definition) is 3. The monoisotopic (exact) mass is 418 g/mol. The summed E-state index contributed by atoms with van der Waals surface area (Å²) in [5, 5.41) is 8.81. The standard InChI is InChI=1S/C22H34N4O4/c1-2-22(8-9-23-20(22)29)21(30)25-17-5-3-16-13-26(10-7-14(16)11-17)19(28)15-4-6-18(27)24-12-15/h14-17H,2-13H2,1H3,(H,23,29)(H,24,27)(H,25,30). The fraction of sp³-hybridized carbons (Fsp3) is 0.818. The van der Waals surface area contributed by atoms with Crippen LogP contribution in [0, 0.1) is 23.2 Å². The molecule has 4 amide bonds. The summed E-state index contributed by atoms with van der Waals surface area (Å²) in [5.74, 6) is 0.868. The fourth-order valence-electron chi connectivity index (χ4n) is 5.86. The van der Waals surface area contributed by atoms with Crippen LogP contribution in [0.3, 0.4) is 0 Å². The summed E-state index contributed by atoms with van der Waals surface area (Å²) in [5.41, 5.74) is -0.901. The minimum atomic E-state index is -0.901. The van der Waals surface area contributed by atoms with E-state index in [0.29, 0.717) is 50.6 Å². The molecule has 3 N–H and O–H groups in total. The van der Waals surface area contributed by atoms with Crippen LogP contribution in [0.2, 0.25) is 0 Å². The van der Waals surface area contributed by atoms with Gasteiger partial charge in [0, 0.05) is 38.6 Å². The van der Waals surface area contributed by atoms with Gasteiger partial charge in [-0.25, -0.2) is 0 Å². The molecule has 1 aliphatic carbocycles. The van der Waals surface area contributed by atoms with Gasteiger partial charge in [0.15, 0.2) is 0 Å². The average Bonchev–Trinajstić information content (AvgIpc) is 3.15. The number of piperidine rings is 2. The predicted molar refractivity (Wildman–Crippen MR) is 110 cm³/mol. The van der Waals surface area contributed by atoms with Crippen LogP contribution < -0.4 is 16.0 Å². The molecule has 1 saturated carbocycles. The molecule has 3 heterocycles. The first-order valence-corrected chi connectivity index (χ1v) is 11.6. The quantitative estimate of drug-likeness (QED) is 0.580. The predicted octanol–water partition coefficient (Wildman–Crippen LogP) is 0.562. The Morgan fingerprint density at radius 1 is 1.13 bits per heavy atom. The molecule has 8 heteroatoms. The summed E-state index contributed by atoms with van der Waals surface area (Å²) in [6.45, 7) is 4.49. The minimum absolute atomic E-state index is 0.0399. The lowest BCUT2D eigenvalue weighted by atomic mass is 9.72. The Hall–Kier alpha value is -2.12. The first-order chi connectivity index (χ1) is 14.4. The van der Waals surface area contributed by atoms with Crippen molar-refractivity contribution in [1.82, 2.24) is 20.9 Å². The van der Waals surface area contributed by atoms with Gasteiger partial charge in [0.25, 0.3) is 0 Å². The van der Waals surface area contributed by atoms with Crippen LogP contribution in [0.25, 0.3) is 0 Å². The second-order valence-electron chi connectivity index (χ2n) is 9.56. The second-order valence-corrected chi connectivity index (χ2v) is 9.56. The average molecular weight is 419 g/mol. The summed E-state index contributed by atoms with van der Waals surface area (Å²) in [6, 6.07) is 0.117. The van der Waals surface area contributed by atoms with Crippen molar-refractivity contribution in [2.45, 2.75) is 64.3 Å². The molecule has 0 aromatic heterocycles. The van der Waals surface area contributed by atoms with Gasteiger partial charge in [-0.05, 0) is 56.8 Å². The molecule has 0 bridgehead atoms. The number of carbonyl (C=O) groups is 4. The van der Waals surface area contributed by atoms with Crippen LogP contribution in [0.5, 0.6) is 0 Å². The maximum atomic E-state index is 12.9. The molecule has 4 rings (SSSR count).